The third-order valence-electron chi connectivity index (χ3n) is 2.53. The third kappa shape index (κ3) is 3.02. The first-order valence-electron chi connectivity index (χ1n) is 5.31. The molecule has 0 aliphatic heterocycles. The van der Waals surface area contributed by atoms with E-state index in [9.17, 15) is 9.59 Å². The Morgan fingerprint density at radius 1 is 1.20 bits per heavy atom. The molecule has 0 aromatic rings. The first-order valence-corrected chi connectivity index (χ1v) is 5.31. The summed E-state index contributed by atoms with van der Waals surface area (Å²) in [4.78, 5) is 23.2. The summed E-state index contributed by atoms with van der Waals surface area (Å²) >= 11 is 0. The van der Waals surface area contributed by atoms with Gasteiger partial charge in [-0.2, -0.15) is 0 Å². The summed E-state index contributed by atoms with van der Waals surface area (Å²) in [5.74, 6) is -1.37. The van der Waals surface area contributed by atoms with Gasteiger partial charge in [0.25, 0.3) is 5.78 Å². The molecule has 0 unspecified atom stereocenters. The predicted molar refractivity (Wildman–Crippen MR) is 56.2 cm³/mol. The average Bonchev–Trinajstić information content (AvgIpc) is 2.49. The van der Waals surface area contributed by atoms with E-state index in [1.165, 1.54) is 0 Å². The number of esters is 1. The number of hydrogen-bond acceptors (Lipinski definition) is 4. The van der Waals surface area contributed by atoms with E-state index in [1.807, 2.05) is 0 Å². The number of carbonyl (C=O) groups excluding carboxylic acids is 2. The molecule has 86 valence electrons. The summed E-state index contributed by atoms with van der Waals surface area (Å²) in [5.41, 5.74) is 4.26. The summed E-state index contributed by atoms with van der Waals surface area (Å²) in [5, 5.41) is 0. The smallest absolute Gasteiger partial charge is 0.377 e. The van der Waals surface area contributed by atoms with E-state index >= 15 is 0 Å². The van der Waals surface area contributed by atoms with Crippen LogP contribution in [0.2, 0.25) is 0 Å². The lowest BCUT2D eigenvalue weighted by molar-refractivity contribution is -0.164. The molecule has 1 aliphatic rings. The number of hydrogen-bond donors (Lipinski definition) is 1. The first kappa shape index (κ1) is 12.2. The SMILES string of the molecule is CC(C)(C)OC(=O)C(=O)C1(N)CCCC1. The molecule has 0 spiro atoms. The maximum Gasteiger partial charge on any atom is 0.377 e. The molecule has 0 bridgehead atoms. The maximum absolute atomic E-state index is 11.7. The Balaban J connectivity index is 2.64. The molecular formula is C11H19NO3. The van der Waals surface area contributed by atoms with Crippen LogP contribution in [0.5, 0.6) is 0 Å². The van der Waals surface area contributed by atoms with E-state index in [0.29, 0.717) is 12.8 Å². The van der Waals surface area contributed by atoms with Crippen molar-refractivity contribution in [2.45, 2.75) is 57.6 Å². The van der Waals surface area contributed by atoms with Gasteiger partial charge in [-0.1, -0.05) is 12.8 Å². The fourth-order valence-electron chi connectivity index (χ4n) is 1.76. The van der Waals surface area contributed by atoms with Gasteiger partial charge < -0.3 is 10.5 Å². The number of ether oxygens (including phenoxy) is 1. The van der Waals surface area contributed by atoms with Gasteiger partial charge in [-0.25, -0.2) is 4.79 Å². The molecule has 1 aliphatic carbocycles. The zero-order valence-corrected chi connectivity index (χ0v) is 9.63. The fourth-order valence-corrected chi connectivity index (χ4v) is 1.76. The Bertz CT molecular complexity index is 272. The first-order chi connectivity index (χ1) is 6.75. The van der Waals surface area contributed by atoms with Crippen molar-refractivity contribution in [3.63, 3.8) is 0 Å². The van der Waals surface area contributed by atoms with Crippen LogP contribution in [0, 0.1) is 0 Å². The van der Waals surface area contributed by atoms with E-state index in [2.05, 4.69) is 0 Å². The average molecular weight is 213 g/mol. The van der Waals surface area contributed by atoms with E-state index in [1.54, 1.807) is 20.8 Å². The monoisotopic (exact) mass is 213 g/mol. The Kier molecular flexibility index (Phi) is 3.19. The summed E-state index contributed by atoms with van der Waals surface area (Å²) in [6.07, 6.45) is 2.99. The Morgan fingerprint density at radius 3 is 2.07 bits per heavy atom. The van der Waals surface area contributed by atoms with Crippen LogP contribution in [0.15, 0.2) is 0 Å². The number of Topliss-reactive ketones (excluding diaryl/α,β-unsaturated/α-hetero) is 1. The largest absolute Gasteiger partial charge is 0.454 e. The van der Waals surface area contributed by atoms with Crippen LogP contribution in [0.3, 0.4) is 0 Å². The van der Waals surface area contributed by atoms with Gasteiger partial charge in [0.05, 0.1) is 5.54 Å². The molecule has 1 saturated carbocycles. The molecule has 1 fully saturated rings. The molecule has 0 atom stereocenters. The minimum atomic E-state index is -0.970. The van der Waals surface area contributed by atoms with Crippen molar-refractivity contribution in [1.82, 2.24) is 0 Å². The third-order valence-corrected chi connectivity index (χ3v) is 2.53. The molecule has 15 heavy (non-hydrogen) atoms. The number of carbonyl (C=O) groups is 2. The fraction of sp³-hybridized carbons (Fsp3) is 0.818. The second-order valence-corrected chi connectivity index (χ2v) is 5.19. The molecule has 0 amide bonds. The zero-order valence-electron chi connectivity index (χ0n) is 9.63. The van der Waals surface area contributed by atoms with Crippen LogP contribution < -0.4 is 5.73 Å². The van der Waals surface area contributed by atoms with Gasteiger partial charge in [0.1, 0.15) is 5.60 Å². The van der Waals surface area contributed by atoms with Crippen molar-refractivity contribution < 1.29 is 14.3 Å². The van der Waals surface area contributed by atoms with Gasteiger partial charge >= 0.3 is 5.97 Å². The van der Waals surface area contributed by atoms with Gasteiger partial charge in [0.2, 0.25) is 0 Å². The summed E-state index contributed by atoms with van der Waals surface area (Å²) in [6.45, 7) is 5.20. The number of ketones is 1. The molecule has 0 aromatic heterocycles. The lowest BCUT2D eigenvalue weighted by atomic mass is 9.93. The standard InChI is InChI=1S/C11H19NO3/c1-10(2,3)15-9(14)8(13)11(12)6-4-5-7-11/h4-7,12H2,1-3H3. The van der Waals surface area contributed by atoms with Gasteiger partial charge in [-0.05, 0) is 33.6 Å². The molecule has 4 heteroatoms. The second kappa shape index (κ2) is 3.93. The van der Waals surface area contributed by atoms with Crippen LogP contribution in [-0.2, 0) is 14.3 Å². The molecule has 0 saturated heterocycles. The lowest BCUT2D eigenvalue weighted by Crippen LogP contribution is -2.50. The van der Waals surface area contributed by atoms with Gasteiger partial charge in [-0.3, -0.25) is 4.79 Å². The van der Waals surface area contributed by atoms with E-state index < -0.39 is 22.9 Å². The molecule has 0 radical (unpaired) electrons. The predicted octanol–water partition coefficient (Wildman–Crippen LogP) is 1.17. The zero-order chi connectivity index (χ0) is 11.7. The molecule has 0 aromatic carbocycles. The van der Waals surface area contributed by atoms with Crippen molar-refractivity contribution in [2.75, 3.05) is 0 Å². The summed E-state index contributed by atoms with van der Waals surface area (Å²) < 4.78 is 5.01. The minimum Gasteiger partial charge on any atom is -0.454 e. The molecule has 0 heterocycles. The highest BCUT2D eigenvalue weighted by molar-refractivity contribution is 6.37. The normalized spacial score (nSPS) is 20.0. The van der Waals surface area contributed by atoms with Crippen LogP contribution in [-0.4, -0.2) is 22.9 Å². The highest BCUT2D eigenvalue weighted by Crippen LogP contribution is 2.28. The van der Waals surface area contributed by atoms with Crippen LogP contribution in [0.1, 0.15) is 46.5 Å². The Hall–Kier alpha value is -0.900. The quantitative estimate of drug-likeness (QED) is 0.552. The van der Waals surface area contributed by atoms with Crippen molar-refractivity contribution >= 4 is 11.8 Å². The molecule has 2 N–H and O–H groups in total. The Labute approximate surface area is 90.2 Å². The lowest BCUT2D eigenvalue weighted by Gasteiger charge is -2.24. The topological polar surface area (TPSA) is 69.4 Å². The number of nitrogens with two attached hydrogens (primary N) is 1. The summed E-state index contributed by atoms with van der Waals surface area (Å²) in [6, 6.07) is 0. The maximum atomic E-state index is 11.7. The second-order valence-electron chi connectivity index (χ2n) is 5.19. The van der Waals surface area contributed by atoms with Crippen LogP contribution in [0.25, 0.3) is 0 Å². The van der Waals surface area contributed by atoms with E-state index in [0.717, 1.165) is 12.8 Å². The molecular weight excluding hydrogens is 194 g/mol. The van der Waals surface area contributed by atoms with Gasteiger partial charge in [-0.15, -0.1) is 0 Å². The van der Waals surface area contributed by atoms with Crippen molar-refractivity contribution in [3.05, 3.63) is 0 Å². The van der Waals surface area contributed by atoms with Crippen LogP contribution in [0.4, 0.5) is 0 Å². The van der Waals surface area contributed by atoms with Gasteiger partial charge in [0.15, 0.2) is 0 Å². The highest BCUT2D eigenvalue weighted by atomic mass is 16.6. The minimum absolute atomic E-state index is 0.574. The highest BCUT2D eigenvalue weighted by Gasteiger charge is 2.42. The van der Waals surface area contributed by atoms with Crippen molar-refractivity contribution in [2.24, 2.45) is 5.73 Å². The summed E-state index contributed by atoms with van der Waals surface area (Å²) in [7, 11) is 0. The van der Waals surface area contributed by atoms with Crippen LogP contribution >= 0.6 is 0 Å². The van der Waals surface area contributed by atoms with E-state index in [4.69, 9.17) is 10.5 Å². The van der Waals surface area contributed by atoms with E-state index in [-0.39, 0.29) is 0 Å². The van der Waals surface area contributed by atoms with Gasteiger partial charge in [0, 0.05) is 0 Å². The molecule has 4 nitrogen and oxygen atoms in total. The van der Waals surface area contributed by atoms with Crippen molar-refractivity contribution in [3.8, 4) is 0 Å². The molecule has 1 rings (SSSR count). The number of rotatable bonds is 2. The van der Waals surface area contributed by atoms with Crippen molar-refractivity contribution in [1.29, 1.82) is 0 Å². The Morgan fingerprint density at radius 2 is 1.67 bits per heavy atom.